The second-order valence-corrected chi connectivity index (χ2v) is 8.61. The average molecular weight is 424 g/mol. The number of hydrogen-bond donors (Lipinski definition) is 2. The van der Waals surface area contributed by atoms with Crippen LogP contribution in [0.2, 0.25) is 0 Å². The number of amides is 2. The maximum absolute atomic E-state index is 13.8. The number of carbonyl (C=O) groups excluding carboxylic acids is 2. The molecule has 1 atom stereocenters. The predicted molar refractivity (Wildman–Crippen MR) is 114 cm³/mol. The Balaban J connectivity index is 1.72. The lowest BCUT2D eigenvalue weighted by Gasteiger charge is -2.39. The van der Waals surface area contributed by atoms with E-state index in [1.807, 2.05) is 43.0 Å². The van der Waals surface area contributed by atoms with Crippen molar-refractivity contribution in [2.45, 2.75) is 39.3 Å². The number of nitrogens with one attached hydrogen (secondary N) is 1. The first-order valence-corrected chi connectivity index (χ1v) is 10.6. The van der Waals surface area contributed by atoms with E-state index < -0.39 is 11.3 Å². The molecule has 2 heterocycles. The van der Waals surface area contributed by atoms with Gasteiger partial charge in [0.2, 0.25) is 5.91 Å². The number of hydroxylamine groups is 1. The Morgan fingerprint density at radius 3 is 2.52 bits per heavy atom. The van der Waals surface area contributed by atoms with E-state index in [2.05, 4.69) is 0 Å². The van der Waals surface area contributed by atoms with Crippen LogP contribution in [0.1, 0.15) is 52.9 Å². The molecule has 1 saturated heterocycles. The molecular formula is C24H28N2O5. The quantitative estimate of drug-likeness (QED) is 0.583. The molecule has 0 bridgehead atoms. The molecular weight excluding hydrogens is 396 g/mol. The summed E-state index contributed by atoms with van der Waals surface area (Å²) in [5, 5.41) is 8.95. The third-order valence-electron chi connectivity index (χ3n) is 6.38. The summed E-state index contributed by atoms with van der Waals surface area (Å²) in [5.74, 6) is 0.0361. The summed E-state index contributed by atoms with van der Waals surface area (Å²) >= 11 is 0. The number of carbonyl (C=O) groups is 2. The number of nitrogens with zero attached hydrogens (tertiary/aromatic N) is 1. The van der Waals surface area contributed by atoms with Gasteiger partial charge >= 0.3 is 0 Å². The summed E-state index contributed by atoms with van der Waals surface area (Å²) in [6.07, 6.45) is 1.37. The van der Waals surface area contributed by atoms with Crippen LogP contribution in [-0.4, -0.2) is 41.7 Å². The summed E-state index contributed by atoms with van der Waals surface area (Å²) in [5.41, 5.74) is 4.45. The molecule has 0 aliphatic carbocycles. The second kappa shape index (κ2) is 8.69. The molecule has 7 heteroatoms. The van der Waals surface area contributed by atoms with E-state index in [9.17, 15) is 9.59 Å². The lowest BCUT2D eigenvalue weighted by molar-refractivity contribution is -0.150. The van der Waals surface area contributed by atoms with Gasteiger partial charge in [-0.3, -0.25) is 14.8 Å². The first-order chi connectivity index (χ1) is 14.9. The van der Waals surface area contributed by atoms with Crippen molar-refractivity contribution in [3.63, 3.8) is 0 Å². The molecule has 0 radical (unpaired) electrons. The van der Waals surface area contributed by atoms with Crippen molar-refractivity contribution in [3.8, 4) is 5.75 Å². The Kier molecular flexibility index (Phi) is 5.98. The summed E-state index contributed by atoms with van der Waals surface area (Å²) in [6.45, 7) is 5.87. The van der Waals surface area contributed by atoms with E-state index in [1.54, 1.807) is 23.7 Å². The Morgan fingerprint density at radius 2 is 1.84 bits per heavy atom. The number of benzene rings is 2. The van der Waals surface area contributed by atoms with Crippen molar-refractivity contribution in [1.82, 2.24) is 10.4 Å². The lowest BCUT2D eigenvalue weighted by atomic mass is 9.80. The molecule has 0 aromatic heterocycles. The van der Waals surface area contributed by atoms with Crippen molar-refractivity contribution < 1.29 is 24.3 Å². The minimum absolute atomic E-state index is 0.0926. The number of aryl methyl sites for hydroxylation is 1. The number of rotatable bonds is 3. The highest BCUT2D eigenvalue weighted by atomic mass is 16.5. The van der Waals surface area contributed by atoms with Gasteiger partial charge in [-0.15, -0.1) is 0 Å². The number of hydrogen-bond acceptors (Lipinski definition) is 5. The van der Waals surface area contributed by atoms with Crippen molar-refractivity contribution in [3.05, 3.63) is 64.7 Å². The van der Waals surface area contributed by atoms with Gasteiger partial charge in [0, 0.05) is 24.3 Å². The zero-order chi connectivity index (χ0) is 22.0. The van der Waals surface area contributed by atoms with Gasteiger partial charge in [0.1, 0.15) is 12.4 Å². The second-order valence-electron chi connectivity index (χ2n) is 8.61. The molecule has 7 nitrogen and oxygen atoms in total. The Morgan fingerprint density at radius 1 is 1.13 bits per heavy atom. The summed E-state index contributed by atoms with van der Waals surface area (Å²) in [7, 11) is 0. The molecule has 2 amide bonds. The van der Waals surface area contributed by atoms with Crippen molar-refractivity contribution >= 4 is 11.8 Å². The van der Waals surface area contributed by atoms with Crippen LogP contribution in [0.5, 0.6) is 5.75 Å². The highest BCUT2D eigenvalue weighted by Gasteiger charge is 2.42. The maximum atomic E-state index is 13.8. The van der Waals surface area contributed by atoms with Gasteiger partial charge in [-0.25, -0.2) is 5.48 Å². The average Bonchev–Trinajstić information content (AvgIpc) is 2.98. The molecule has 1 fully saturated rings. The smallest absolute Gasteiger partial charge is 0.274 e. The van der Waals surface area contributed by atoms with Gasteiger partial charge in [-0.1, -0.05) is 42.8 Å². The standard InChI is InChI=1S/C24H28N2O5/c1-16-3-5-17(6-4-16)20-15-31-21-13-18(22(27)25-29)7-8-19(21)14-26(20)23(28)24(2)9-11-30-12-10-24/h3-8,13,20,29H,9-12,14-15H2,1-2H3,(H,25,27)/t20-/m1/s1. The van der Waals surface area contributed by atoms with Crippen LogP contribution in [0.4, 0.5) is 0 Å². The predicted octanol–water partition coefficient (Wildman–Crippen LogP) is 3.39. The minimum Gasteiger partial charge on any atom is -0.491 e. The van der Waals surface area contributed by atoms with E-state index in [0.717, 1.165) is 16.7 Å². The van der Waals surface area contributed by atoms with Gasteiger partial charge in [0.25, 0.3) is 5.91 Å². The Hall–Kier alpha value is -2.90. The topological polar surface area (TPSA) is 88.1 Å². The van der Waals surface area contributed by atoms with Crippen LogP contribution in [0.25, 0.3) is 0 Å². The molecule has 2 N–H and O–H groups in total. The van der Waals surface area contributed by atoms with Gasteiger partial charge in [0.05, 0.1) is 18.0 Å². The molecule has 164 valence electrons. The van der Waals surface area contributed by atoms with Crippen molar-refractivity contribution in [2.75, 3.05) is 19.8 Å². The fraction of sp³-hybridized carbons (Fsp3) is 0.417. The summed E-state index contributed by atoms with van der Waals surface area (Å²) in [4.78, 5) is 27.6. The van der Waals surface area contributed by atoms with Gasteiger partial charge in [-0.05, 0) is 37.5 Å². The third kappa shape index (κ3) is 4.29. The maximum Gasteiger partial charge on any atom is 0.274 e. The normalized spacial score (nSPS) is 20.2. The van der Waals surface area contributed by atoms with Crippen molar-refractivity contribution in [2.24, 2.45) is 5.41 Å². The first-order valence-electron chi connectivity index (χ1n) is 10.6. The number of ether oxygens (including phenoxy) is 2. The van der Waals surface area contributed by atoms with E-state index in [-0.39, 0.29) is 18.6 Å². The molecule has 0 saturated carbocycles. The fourth-order valence-corrected chi connectivity index (χ4v) is 4.24. The third-order valence-corrected chi connectivity index (χ3v) is 6.38. The molecule has 2 aliphatic rings. The van der Waals surface area contributed by atoms with Crippen LogP contribution in [0.15, 0.2) is 42.5 Å². The lowest BCUT2D eigenvalue weighted by Crippen LogP contribution is -2.47. The monoisotopic (exact) mass is 424 g/mol. The minimum atomic E-state index is -0.603. The molecule has 0 spiro atoms. The molecule has 2 aliphatic heterocycles. The van der Waals surface area contributed by atoms with Crippen LogP contribution in [0.3, 0.4) is 0 Å². The van der Waals surface area contributed by atoms with Crippen LogP contribution in [0, 0.1) is 12.3 Å². The zero-order valence-electron chi connectivity index (χ0n) is 17.9. The molecule has 2 aromatic carbocycles. The van der Waals surface area contributed by atoms with E-state index in [1.165, 1.54) is 0 Å². The zero-order valence-corrected chi connectivity index (χ0v) is 17.9. The Bertz CT molecular complexity index is 966. The first kappa shape index (κ1) is 21.3. The van der Waals surface area contributed by atoms with E-state index in [4.69, 9.17) is 14.7 Å². The van der Waals surface area contributed by atoms with Gasteiger partial charge in [0.15, 0.2) is 0 Å². The summed E-state index contributed by atoms with van der Waals surface area (Å²) < 4.78 is 11.6. The summed E-state index contributed by atoms with van der Waals surface area (Å²) in [6, 6.07) is 12.9. The highest BCUT2D eigenvalue weighted by Crippen LogP contribution is 2.39. The van der Waals surface area contributed by atoms with E-state index in [0.29, 0.717) is 43.9 Å². The highest BCUT2D eigenvalue weighted by molar-refractivity contribution is 5.94. The fourth-order valence-electron chi connectivity index (χ4n) is 4.24. The van der Waals surface area contributed by atoms with Gasteiger partial charge < -0.3 is 14.4 Å². The number of fused-ring (bicyclic) bond motifs is 1. The molecule has 2 aromatic rings. The van der Waals surface area contributed by atoms with Crippen LogP contribution in [-0.2, 0) is 16.1 Å². The SMILES string of the molecule is Cc1ccc([C@H]2COc3cc(C(=O)NO)ccc3CN2C(=O)C2(C)CCOCC2)cc1. The molecule has 31 heavy (non-hydrogen) atoms. The molecule has 4 rings (SSSR count). The largest absolute Gasteiger partial charge is 0.491 e. The van der Waals surface area contributed by atoms with Crippen LogP contribution < -0.4 is 10.2 Å². The van der Waals surface area contributed by atoms with Crippen LogP contribution >= 0.6 is 0 Å². The van der Waals surface area contributed by atoms with Gasteiger partial charge in [-0.2, -0.15) is 0 Å². The molecule has 0 unspecified atom stereocenters. The van der Waals surface area contributed by atoms with E-state index >= 15 is 0 Å². The van der Waals surface area contributed by atoms with Crippen molar-refractivity contribution in [1.29, 1.82) is 0 Å². The Labute approximate surface area is 181 Å².